The molecule has 1 heterocycles. The molecule has 1 aliphatic rings. The van der Waals surface area contributed by atoms with Crippen molar-refractivity contribution in [3.8, 4) is 11.8 Å². The number of alkyl carbamates (subject to hydrolysis) is 1. The highest BCUT2D eigenvalue weighted by atomic mass is 16.5. The van der Waals surface area contributed by atoms with Crippen molar-refractivity contribution in [1.82, 2.24) is 5.32 Å². The minimum absolute atomic E-state index is 0.166. The minimum atomic E-state index is -0.660. The van der Waals surface area contributed by atoms with E-state index in [0.29, 0.717) is 25.0 Å². The molecule has 1 amide bonds. The summed E-state index contributed by atoms with van der Waals surface area (Å²) < 4.78 is 16.9. The summed E-state index contributed by atoms with van der Waals surface area (Å²) in [6.45, 7) is 10.7. The highest BCUT2D eigenvalue weighted by molar-refractivity contribution is 5.95. The molecule has 1 aliphatic heterocycles. The lowest BCUT2D eigenvalue weighted by Gasteiger charge is -2.30. The van der Waals surface area contributed by atoms with E-state index in [9.17, 15) is 4.79 Å². The highest BCUT2D eigenvalue weighted by Gasteiger charge is 2.36. The Hall–Kier alpha value is -3.01. The van der Waals surface area contributed by atoms with Crippen LogP contribution in [0.25, 0.3) is 0 Å². The Bertz CT molecular complexity index is 809. The van der Waals surface area contributed by atoms with Crippen LogP contribution in [-0.2, 0) is 20.8 Å². The molecule has 0 fully saturated rings. The van der Waals surface area contributed by atoms with E-state index in [1.165, 1.54) is 0 Å². The van der Waals surface area contributed by atoms with Crippen LogP contribution in [0.2, 0.25) is 0 Å². The molecule has 3 atom stereocenters. The number of nitrogens with zero attached hydrogens (tertiary/aromatic N) is 2. The third-order valence-corrected chi connectivity index (χ3v) is 4.36. The Kier molecular flexibility index (Phi) is 9.20. The van der Waals surface area contributed by atoms with Crippen molar-refractivity contribution in [2.45, 2.75) is 59.4 Å². The summed E-state index contributed by atoms with van der Waals surface area (Å²) in [7, 11) is 0. The van der Waals surface area contributed by atoms with Crippen LogP contribution in [0.4, 0.5) is 4.79 Å². The number of rotatable bonds is 7. The first-order valence-electron chi connectivity index (χ1n) is 10.3. The van der Waals surface area contributed by atoms with Crippen LogP contribution in [0.1, 0.15) is 40.2 Å². The fourth-order valence-corrected chi connectivity index (χ4v) is 2.97. The van der Waals surface area contributed by atoms with Gasteiger partial charge in [-0.1, -0.05) is 50.1 Å². The maximum Gasteiger partial charge on any atom is 0.408 e. The van der Waals surface area contributed by atoms with E-state index in [0.717, 1.165) is 5.56 Å². The molecule has 1 aromatic rings. The van der Waals surface area contributed by atoms with Gasteiger partial charge in [-0.05, 0) is 32.3 Å². The number of hydrogen-bond donors (Lipinski definition) is 1. The zero-order valence-corrected chi connectivity index (χ0v) is 18.3. The first-order valence-corrected chi connectivity index (χ1v) is 10.3. The van der Waals surface area contributed by atoms with Gasteiger partial charge in [0.2, 0.25) is 11.8 Å². The number of carbonyl (C=O) groups is 1. The van der Waals surface area contributed by atoms with Crippen molar-refractivity contribution in [2.75, 3.05) is 13.2 Å². The molecule has 7 nitrogen and oxygen atoms in total. The van der Waals surface area contributed by atoms with Crippen molar-refractivity contribution in [2.24, 2.45) is 15.9 Å². The van der Waals surface area contributed by atoms with E-state index in [-0.39, 0.29) is 18.6 Å². The molecule has 0 bridgehead atoms. The van der Waals surface area contributed by atoms with Crippen LogP contribution in [0, 0.1) is 17.8 Å². The lowest BCUT2D eigenvalue weighted by molar-refractivity contribution is 0.137. The number of hydrogen-bond acceptors (Lipinski definition) is 6. The molecule has 0 radical (unpaired) electrons. The molecule has 0 saturated carbocycles. The number of ether oxygens (including phenoxy) is 3. The quantitative estimate of drug-likeness (QED) is 0.693. The average molecular weight is 414 g/mol. The second kappa shape index (κ2) is 11.9. The van der Waals surface area contributed by atoms with Gasteiger partial charge in [-0.15, -0.1) is 5.92 Å². The van der Waals surface area contributed by atoms with Crippen molar-refractivity contribution in [1.29, 1.82) is 0 Å². The van der Waals surface area contributed by atoms with E-state index in [1.54, 1.807) is 6.92 Å². The van der Waals surface area contributed by atoms with Crippen LogP contribution < -0.4 is 5.32 Å². The smallest absolute Gasteiger partial charge is 0.408 e. The van der Waals surface area contributed by atoms with Gasteiger partial charge in [0, 0.05) is 0 Å². The molecule has 0 aromatic heterocycles. The molecule has 7 heteroatoms. The number of nitrogens with one attached hydrogen (secondary N) is 1. The Labute approximate surface area is 178 Å². The zero-order valence-electron chi connectivity index (χ0n) is 18.3. The number of aliphatic imine (C=N–C) groups is 2. The van der Waals surface area contributed by atoms with Gasteiger partial charge >= 0.3 is 6.09 Å². The van der Waals surface area contributed by atoms with Crippen molar-refractivity contribution >= 4 is 17.9 Å². The summed E-state index contributed by atoms with van der Waals surface area (Å²) in [5.41, 5.74) is 0.899. The van der Waals surface area contributed by atoms with Crippen LogP contribution in [-0.4, -0.2) is 49.2 Å². The number of benzene rings is 1. The van der Waals surface area contributed by atoms with Crippen LogP contribution in [0.15, 0.2) is 40.3 Å². The topological polar surface area (TPSA) is 81.5 Å². The summed E-state index contributed by atoms with van der Waals surface area (Å²) in [5, 5.41) is 2.79. The van der Waals surface area contributed by atoms with Gasteiger partial charge in [-0.3, -0.25) is 0 Å². The van der Waals surface area contributed by atoms with E-state index >= 15 is 0 Å². The van der Waals surface area contributed by atoms with Gasteiger partial charge in [0.1, 0.15) is 18.7 Å². The third-order valence-electron chi connectivity index (χ3n) is 4.36. The lowest BCUT2D eigenvalue weighted by atomic mass is 10.0. The Morgan fingerprint density at radius 1 is 1.07 bits per heavy atom. The second-order valence-corrected chi connectivity index (χ2v) is 7.01. The predicted molar refractivity (Wildman–Crippen MR) is 118 cm³/mol. The molecule has 0 aliphatic carbocycles. The Balaban J connectivity index is 2.20. The maximum absolute atomic E-state index is 12.4. The van der Waals surface area contributed by atoms with Crippen molar-refractivity contribution in [3.05, 3.63) is 35.9 Å². The van der Waals surface area contributed by atoms with Gasteiger partial charge < -0.3 is 19.5 Å². The standard InChI is InChI=1S/C23H31N3O4/c1-6-12-18(24-23(27)30-15-17-13-10-9-11-14-17)20-22(29-8-3)25-19(16(4)5)21(26-20)28-7-2/h9-11,13-14,16,18-20H,7-8,15H2,1-5H3,(H,24,27). The molecule has 162 valence electrons. The van der Waals surface area contributed by atoms with Gasteiger partial charge in [0.05, 0.1) is 13.2 Å². The molecule has 30 heavy (non-hydrogen) atoms. The monoisotopic (exact) mass is 413 g/mol. The van der Waals surface area contributed by atoms with Gasteiger partial charge in [-0.2, -0.15) is 0 Å². The number of carbonyl (C=O) groups excluding carboxylic acids is 1. The first-order chi connectivity index (χ1) is 14.5. The first kappa shape index (κ1) is 23.3. The molecular formula is C23H31N3O4. The Morgan fingerprint density at radius 2 is 1.67 bits per heavy atom. The van der Waals surface area contributed by atoms with Gasteiger partial charge in [0.25, 0.3) is 0 Å². The maximum atomic E-state index is 12.4. The highest BCUT2D eigenvalue weighted by Crippen LogP contribution is 2.20. The average Bonchev–Trinajstić information content (AvgIpc) is 2.73. The summed E-state index contributed by atoms with van der Waals surface area (Å²) in [6, 6.07) is 7.97. The zero-order chi connectivity index (χ0) is 21.9. The van der Waals surface area contributed by atoms with E-state index in [1.807, 2.05) is 44.2 Å². The molecule has 0 spiro atoms. The van der Waals surface area contributed by atoms with Crippen molar-refractivity contribution < 1.29 is 19.0 Å². The van der Waals surface area contributed by atoms with E-state index < -0.39 is 18.2 Å². The van der Waals surface area contributed by atoms with Crippen LogP contribution >= 0.6 is 0 Å². The fourth-order valence-electron chi connectivity index (χ4n) is 2.97. The predicted octanol–water partition coefficient (Wildman–Crippen LogP) is 3.58. The molecular weight excluding hydrogens is 382 g/mol. The second-order valence-electron chi connectivity index (χ2n) is 7.01. The molecule has 1 aromatic carbocycles. The van der Waals surface area contributed by atoms with E-state index in [4.69, 9.17) is 24.2 Å². The SMILES string of the molecule is CC#CC(NC(=O)OCc1ccccc1)C1N=C(OCC)C(C(C)C)N=C1OCC. The fraction of sp³-hybridized carbons (Fsp3) is 0.522. The summed E-state index contributed by atoms with van der Waals surface area (Å²) in [5.74, 6) is 7.00. The third kappa shape index (κ3) is 6.51. The Morgan fingerprint density at radius 3 is 2.23 bits per heavy atom. The van der Waals surface area contributed by atoms with E-state index in [2.05, 4.69) is 31.0 Å². The molecule has 3 unspecified atom stereocenters. The van der Waals surface area contributed by atoms with Crippen LogP contribution in [0.5, 0.6) is 0 Å². The minimum Gasteiger partial charge on any atom is -0.480 e. The summed E-state index contributed by atoms with van der Waals surface area (Å²) >= 11 is 0. The summed E-state index contributed by atoms with van der Waals surface area (Å²) in [4.78, 5) is 21.9. The largest absolute Gasteiger partial charge is 0.480 e. The lowest BCUT2D eigenvalue weighted by Crippen LogP contribution is -2.50. The normalized spacial score (nSPS) is 19.0. The van der Waals surface area contributed by atoms with Crippen LogP contribution in [0.3, 0.4) is 0 Å². The summed E-state index contributed by atoms with van der Waals surface area (Å²) in [6.07, 6.45) is -0.582. The molecule has 1 N–H and O–H groups in total. The number of amides is 1. The molecule has 0 saturated heterocycles. The van der Waals surface area contributed by atoms with Gasteiger partial charge in [-0.25, -0.2) is 14.8 Å². The van der Waals surface area contributed by atoms with Crippen molar-refractivity contribution in [3.63, 3.8) is 0 Å². The molecule has 2 rings (SSSR count). The van der Waals surface area contributed by atoms with Gasteiger partial charge in [0.15, 0.2) is 6.04 Å².